The maximum atomic E-state index is 12.2. The number of anilines is 1. The first-order valence-corrected chi connectivity index (χ1v) is 7.58. The summed E-state index contributed by atoms with van der Waals surface area (Å²) < 4.78 is 1.19. The molecule has 0 saturated carbocycles. The second kappa shape index (κ2) is 7.58. The Morgan fingerprint density at radius 3 is 2.65 bits per heavy atom. The van der Waals surface area contributed by atoms with Gasteiger partial charge in [-0.1, -0.05) is 30.3 Å². The van der Waals surface area contributed by atoms with Crippen molar-refractivity contribution in [3.8, 4) is 0 Å². The molecular weight excluding hydrogens is 292 g/mol. The summed E-state index contributed by atoms with van der Waals surface area (Å²) >= 11 is 0. The van der Waals surface area contributed by atoms with Gasteiger partial charge in [-0.15, -0.1) is 0 Å². The Bertz CT molecular complexity index is 712. The molecule has 0 fully saturated rings. The molecule has 23 heavy (non-hydrogen) atoms. The Labute approximate surface area is 135 Å². The van der Waals surface area contributed by atoms with Crippen LogP contribution in [0.1, 0.15) is 18.5 Å². The average molecular weight is 314 g/mol. The van der Waals surface area contributed by atoms with Crippen LogP contribution in [-0.2, 0) is 11.2 Å². The van der Waals surface area contributed by atoms with Gasteiger partial charge in [0.1, 0.15) is 6.04 Å². The van der Waals surface area contributed by atoms with Crippen molar-refractivity contribution in [2.45, 2.75) is 19.4 Å². The van der Waals surface area contributed by atoms with Crippen molar-refractivity contribution in [2.24, 2.45) is 0 Å². The first kappa shape index (κ1) is 16.7. The van der Waals surface area contributed by atoms with Crippen molar-refractivity contribution in [1.29, 1.82) is 0 Å². The molecule has 2 rings (SSSR count). The number of likely N-dealkylation sites (N-methyl/N-ethyl adjacent to an activating group) is 2. The summed E-state index contributed by atoms with van der Waals surface area (Å²) in [5.74, 6) is -0.246. The van der Waals surface area contributed by atoms with Crippen LogP contribution in [0.3, 0.4) is 0 Å². The van der Waals surface area contributed by atoms with Crippen molar-refractivity contribution < 1.29 is 4.79 Å². The predicted molar refractivity (Wildman–Crippen MR) is 90.7 cm³/mol. The number of rotatable bonds is 6. The van der Waals surface area contributed by atoms with Gasteiger partial charge in [0, 0.05) is 26.7 Å². The maximum Gasteiger partial charge on any atom is 0.269 e. The van der Waals surface area contributed by atoms with E-state index in [-0.39, 0.29) is 11.5 Å². The standard InChI is InChI=1S/C17H22N4O2/c1-13(17(23)18-2)21-16(22)11-15(12-19-21)20(3)10-9-14-7-5-4-6-8-14/h4-8,11-13H,9-10H2,1-3H3,(H,18,23). The SMILES string of the molecule is CNC(=O)C(C)n1ncc(N(C)CCc2ccccc2)cc1=O. The lowest BCUT2D eigenvalue weighted by atomic mass is 10.1. The Balaban J connectivity index is 2.07. The second-order valence-electron chi connectivity index (χ2n) is 5.44. The fourth-order valence-corrected chi connectivity index (χ4v) is 2.30. The van der Waals surface area contributed by atoms with E-state index in [0.29, 0.717) is 0 Å². The largest absolute Gasteiger partial charge is 0.373 e. The summed E-state index contributed by atoms with van der Waals surface area (Å²) in [7, 11) is 3.46. The van der Waals surface area contributed by atoms with Crippen molar-refractivity contribution in [3.05, 3.63) is 58.5 Å². The van der Waals surface area contributed by atoms with Crippen LogP contribution in [0.2, 0.25) is 0 Å². The molecule has 0 aliphatic rings. The number of nitrogens with zero attached hydrogens (tertiary/aromatic N) is 3. The predicted octanol–water partition coefficient (Wildman–Crippen LogP) is 1.23. The van der Waals surface area contributed by atoms with Crippen molar-refractivity contribution in [1.82, 2.24) is 15.1 Å². The molecule has 0 spiro atoms. The van der Waals surface area contributed by atoms with Crippen LogP contribution >= 0.6 is 0 Å². The molecule has 0 radical (unpaired) electrons. The molecule has 1 N–H and O–H groups in total. The maximum absolute atomic E-state index is 12.2. The molecule has 1 amide bonds. The van der Waals surface area contributed by atoms with Crippen LogP contribution in [0.15, 0.2) is 47.4 Å². The van der Waals surface area contributed by atoms with E-state index in [9.17, 15) is 9.59 Å². The number of hydrogen-bond acceptors (Lipinski definition) is 4. The number of aromatic nitrogens is 2. The highest BCUT2D eigenvalue weighted by Crippen LogP contribution is 2.10. The van der Waals surface area contributed by atoms with E-state index in [2.05, 4.69) is 22.5 Å². The Kier molecular flexibility index (Phi) is 5.51. The zero-order valence-electron chi connectivity index (χ0n) is 13.7. The molecule has 122 valence electrons. The third kappa shape index (κ3) is 4.18. The van der Waals surface area contributed by atoms with Crippen molar-refractivity contribution >= 4 is 11.6 Å². The van der Waals surface area contributed by atoms with Crippen LogP contribution in [0, 0.1) is 0 Å². The average Bonchev–Trinajstić information content (AvgIpc) is 2.59. The number of carbonyl (C=O) groups excluding carboxylic acids is 1. The van der Waals surface area contributed by atoms with Gasteiger partial charge in [0.05, 0.1) is 11.9 Å². The molecular formula is C17H22N4O2. The quantitative estimate of drug-likeness (QED) is 0.871. The number of carbonyl (C=O) groups is 1. The van der Waals surface area contributed by atoms with Crippen molar-refractivity contribution in [3.63, 3.8) is 0 Å². The smallest absolute Gasteiger partial charge is 0.269 e. The summed E-state index contributed by atoms with van der Waals surface area (Å²) in [6.07, 6.45) is 2.50. The minimum absolute atomic E-state index is 0.246. The van der Waals surface area contributed by atoms with Crippen LogP contribution in [0.5, 0.6) is 0 Å². The zero-order chi connectivity index (χ0) is 16.8. The zero-order valence-corrected chi connectivity index (χ0v) is 13.7. The number of benzene rings is 1. The monoisotopic (exact) mass is 314 g/mol. The molecule has 1 aromatic carbocycles. The van der Waals surface area contributed by atoms with E-state index in [1.54, 1.807) is 13.1 Å². The third-order valence-corrected chi connectivity index (χ3v) is 3.82. The Hall–Kier alpha value is -2.63. The molecule has 6 nitrogen and oxygen atoms in total. The van der Waals surface area contributed by atoms with Gasteiger partial charge in [0.15, 0.2) is 0 Å². The van der Waals surface area contributed by atoms with Crippen LogP contribution < -0.4 is 15.8 Å². The van der Waals surface area contributed by atoms with Crippen LogP contribution in [-0.4, -0.2) is 36.3 Å². The van der Waals surface area contributed by atoms with Gasteiger partial charge in [-0.25, -0.2) is 4.68 Å². The number of nitrogens with one attached hydrogen (secondary N) is 1. The van der Waals surface area contributed by atoms with E-state index in [1.165, 1.54) is 23.4 Å². The summed E-state index contributed by atoms with van der Waals surface area (Å²) in [6, 6.07) is 11.1. The van der Waals surface area contributed by atoms with Crippen LogP contribution in [0.25, 0.3) is 0 Å². The molecule has 2 aromatic rings. The van der Waals surface area contributed by atoms with E-state index < -0.39 is 6.04 Å². The molecule has 0 aliphatic carbocycles. The molecule has 6 heteroatoms. The van der Waals surface area contributed by atoms with Crippen LogP contribution in [0.4, 0.5) is 5.69 Å². The highest BCUT2D eigenvalue weighted by Gasteiger charge is 2.16. The fraction of sp³-hybridized carbons (Fsp3) is 0.353. The van der Waals surface area contributed by atoms with E-state index in [1.807, 2.05) is 30.1 Å². The third-order valence-electron chi connectivity index (χ3n) is 3.82. The lowest BCUT2D eigenvalue weighted by Crippen LogP contribution is -2.35. The topological polar surface area (TPSA) is 67.2 Å². The first-order chi connectivity index (χ1) is 11.0. The number of hydrogen-bond donors (Lipinski definition) is 1. The normalized spacial score (nSPS) is 11.8. The molecule has 0 bridgehead atoms. The summed E-state index contributed by atoms with van der Waals surface area (Å²) in [6.45, 7) is 2.42. The highest BCUT2D eigenvalue weighted by molar-refractivity contribution is 5.79. The lowest BCUT2D eigenvalue weighted by molar-refractivity contribution is -0.123. The minimum atomic E-state index is -0.629. The highest BCUT2D eigenvalue weighted by atomic mass is 16.2. The molecule has 0 saturated heterocycles. The Morgan fingerprint density at radius 1 is 1.35 bits per heavy atom. The lowest BCUT2D eigenvalue weighted by Gasteiger charge is -2.20. The van der Waals surface area contributed by atoms with E-state index in [0.717, 1.165) is 18.7 Å². The van der Waals surface area contributed by atoms with Gasteiger partial charge in [-0.3, -0.25) is 9.59 Å². The summed E-state index contributed by atoms with van der Waals surface area (Å²) in [5, 5.41) is 6.64. The molecule has 1 aromatic heterocycles. The van der Waals surface area contributed by atoms with Gasteiger partial charge in [-0.05, 0) is 18.9 Å². The van der Waals surface area contributed by atoms with Gasteiger partial charge >= 0.3 is 0 Å². The van der Waals surface area contributed by atoms with E-state index in [4.69, 9.17) is 0 Å². The number of amides is 1. The van der Waals surface area contributed by atoms with E-state index >= 15 is 0 Å². The fourth-order valence-electron chi connectivity index (χ4n) is 2.30. The summed E-state index contributed by atoms with van der Waals surface area (Å²) in [4.78, 5) is 25.8. The minimum Gasteiger partial charge on any atom is -0.373 e. The van der Waals surface area contributed by atoms with Crippen molar-refractivity contribution in [2.75, 3.05) is 25.5 Å². The van der Waals surface area contributed by atoms with Gasteiger partial charge < -0.3 is 10.2 Å². The summed E-state index contributed by atoms with van der Waals surface area (Å²) in [5.41, 5.74) is 1.70. The van der Waals surface area contributed by atoms with Gasteiger partial charge in [-0.2, -0.15) is 5.10 Å². The molecule has 1 heterocycles. The molecule has 1 unspecified atom stereocenters. The molecule has 0 aliphatic heterocycles. The van der Waals surface area contributed by atoms with Gasteiger partial charge in [0.2, 0.25) is 5.91 Å². The first-order valence-electron chi connectivity index (χ1n) is 7.58. The van der Waals surface area contributed by atoms with Gasteiger partial charge in [0.25, 0.3) is 5.56 Å². The Morgan fingerprint density at radius 2 is 2.04 bits per heavy atom. The molecule has 1 atom stereocenters. The second-order valence-corrected chi connectivity index (χ2v) is 5.44.